The van der Waals surface area contributed by atoms with Gasteiger partial charge in [-0.3, -0.25) is 0 Å². The van der Waals surface area contributed by atoms with E-state index >= 15 is 0 Å². The third-order valence-corrected chi connectivity index (χ3v) is 4.70. The van der Waals surface area contributed by atoms with Gasteiger partial charge in [-0.25, -0.2) is 9.97 Å². The molecule has 0 saturated carbocycles. The highest BCUT2D eigenvalue weighted by Crippen LogP contribution is 2.20. The van der Waals surface area contributed by atoms with Gasteiger partial charge in [-0.1, -0.05) is 24.3 Å². The molecule has 2 aromatic heterocycles. The number of hydrogen-bond donors (Lipinski definition) is 0. The van der Waals surface area contributed by atoms with Crippen molar-refractivity contribution in [3.05, 3.63) is 60.2 Å². The van der Waals surface area contributed by atoms with Crippen molar-refractivity contribution in [2.75, 3.05) is 11.8 Å². The summed E-state index contributed by atoms with van der Waals surface area (Å²) in [6.45, 7) is 1.42. The smallest absolute Gasteiger partial charge is 0.133 e. The van der Waals surface area contributed by atoms with Gasteiger partial charge in [0.15, 0.2) is 0 Å². The SMILES string of the molecule is ClCCn1c(C=Cc2nc3ccccc3n2CCCl)nc2ccccc21. The topological polar surface area (TPSA) is 35.6 Å². The van der Waals surface area contributed by atoms with E-state index < -0.39 is 0 Å². The Kier molecular flexibility index (Phi) is 4.96. The molecule has 0 aliphatic rings. The Hall–Kier alpha value is -2.30. The summed E-state index contributed by atoms with van der Waals surface area (Å²) in [6, 6.07) is 16.2. The molecule has 0 N–H and O–H groups in total. The van der Waals surface area contributed by atoms with Gasteiger partial charge in [0, 0.05) is 24.8 Å². The maximum atomic E-state index is 6.00. The van der Waals surface area contributed by atoms with Crippen molar-refractivity contribution in [3.8, 4) is 0 Å². The second-order valence-corrected chi connectivity index (χ2v) is 6.69. The zero-order valence-electron chi connectivity index (χ0n) is 14.1. The van der Waals surface area contributed by atoms with Crippen LogP contribution in [0.4, 0.5) is 0 Å². The number of rotatable bonds is 6. The number of aromatic nitrogens is 4. The van der Waals surface area contributed by atoms with E-state index in [2.05, 4.69) is 21.3 Å². The minimum atomic E-state index is 0.534. The summed E-state index contributed by atoms with van der Waals surface area (Å²) in [5.41, 5.74) is 4.10. The van der Waals surface area contributed by atoms with Gasteiger partial charge in [0.05, 0.1) is 22.1 Å². The number of alkyl halides is 2. The summed E-state index contributed by atoms with van der Waals surface area (Å²) in [5.74, 6) is 2.81. The molecular formula is C20H18Cl2N4. The summed E-state index contributed by atoms with van der Waals surface area (Å²) in [6.07, 6.45) is 4.00. The van der Waals surface area contributed by atoms with Crippen molar-refractivity contribution in [3.63, 3.8) is 0 Å². The number of hydrogen-bond acceptors (Lipinski definition) is 2. The maximum Gasteiger partial charge on any atom is 0.133 e. The normalized spacial score (nSPS) is 11.9. The van der Waals surface area contributed by atoms with Crippen LogP contribution < -0.4 is 0 Å². The number of aryl methyl sites for hydroxylation is 2. The van der Waals surface area contributed by atoms with Crippen LogP contribution in [0.25, 0.3) is 34.2 Å². The van der Waals surface area contributed by atoms with Crippen LogP contribution in [0, 0.1) is 0 Å². The van der Waals surface area contributed by atoms with Crippen LogP contribution in [0.3, 0.4) is 0 Å². The molecule has 4 nitrogen and oxygen atoms in total. The van der Waals surface area contributed by atoms with Gasteiger partial charge in [0.2, 0.25) is 0 Å². The average molecular weight is 385 g/mol. The second-order valence-electron chi connectivity index (χ2n) is 5.93. The number of para-hydroxylation sites is 4. The van der Waals surface area contributed by atoms with Gasteiger partial charge < -0.3 is 9.13 Å². The van der Waals surface area contributed by atoms with Gasteiger partial charge in [-0.05, 0) is 36.4 Å². The molecule has 0 saturated heterocycles. The molecule has 0 atom stereocenters. The molecular weight excluding hydrogens is 367 g/mol. The monoisotopic (exact) mass is 384 g/mol. The van der Waals surface area contributed by atoms with Crippen LogP contribution >= 0.6 is 23.2 Å². The zero-order valence-corrected chi connectivity index (χ0v) is 15.7. The molecule has 2 aromatic carbocycles. The lowest BCUT2D eigenvalue weighted by atomic mass is 10.3. The van der Waals surface area contributed by atoms with E-state index in [1.165, 1.54) is 0 Å². The van der Waals surface area contributed by atoms with E-state index in [1.807, 2.05) is 48.6 Å². The fourth-order valence-electron chi connectivity index (χ4n) is 3.23. The predicted molar refractivity (Wildman–Crippen MR) is 110 cm³/mol. The quantitative estimate of drug-likeness (QED) is 0.436. The molecule has 4 aromatic rings. The van der Waals surface area contributed by atoms with Crippen molar-refractivity contribution in [2.24, 2.45) is 0 Å². The Morgan fingerprint density at radius 2 is 1.12 bits per heavy atom. The van der Waals surface area contributed by atoms with E-state index in [9.17, 15) is 0 Å². The minimum absolute atomic E-state index is 0.534. The lowest BCUT2D eigenvalue weighted by molar-refractivity contribution is 0.779. The van der Waals surface area contributed by atoms with E-state index in [-0.39, 0.29) is 0 Å². The molecule has 132 valence electrons. The number of imidazole rings is 2. The molecule has 0 aliphatic heterocycles. The number of fused-ring (bicyclic) bond motifs is 2. The first-order valence-corrected chi connectivity index (χ1v) is 9.59. The van der Waals surface area contributed by atoms with Crippen LogP contribution in [0.5, 0.6) is 0 Å². The summed E-state index contributed by atoms with van der Waals surface area (Å²) < 4.78 is 4.26. The van der Waals surface area contributed by atoms with E-state index in [4.69, 9.17) is 33.2 Å². The second kappa shape index (κ2) is 7.52. The zero-order chi connectivity index (χ0) is 17.9. The van der Waals surface area contributed by atoms with Crippen molar-refractivity contribution >= 4 is 57.4 Å². The summed E-state index contributed by atoms with van der Waals surface area (Å²) in [7, 11) is 0. The predicted octanol–water partition coefficient (Wildman–Crippen LogP) is 5.03. The first-order chi connectivity index (χ1) is 12.8. The highest BCUT2D eigenvalue weighted by Gasteiger charge is 2.10. The lowest BCUT2D eigenvalue weighted by Crippen LogP contribution is -2.03. The largest absolute Gasteiger partial charge is 0.323 e. The van der Waals surface area contributed by atoms with E-state index in [0.29, 0.717) is 24.8 Å². The first kappa shape index (κ1) is 17.1. The summed E-state index contributed by atoms with van der Waals surface area (Å²) >= 11 is 12.0. The molecule has 0 amide bonds. The van der Waals surface area contributed by atoms with E-state index in [0.717, 1.165) is 33.7 Å². The van der Waals surface area contributed by atoms with E-state index in [1.54, 1.807) is 0 Å². The standard InChI is InChI=1S/C20H18Cl2N4/c21-11-13-25-17-7-3-1-5-15(17)23-19(25)9-10-20-24-16-6-2-4-8-18(16)26(20)14-12-22/h1-10H,11-14H2. The molecule has 0 radical (unpaired) electrons. The van der Waals surface area contributed by atoms with Crippen molar-refractivity contribution in [1.82, 2.24) is 19.1 Å². The number of halogens is 2. The molecule has 2 heterocycles. The summed E-state index contributed by atoms with van der Waals surface area (Å²) in [5, 5.41) is 0. The average Bonchev–Trinajstić information content (AvgIpc) is 3.19. The minimum Gasteiger partial charge on any atom is -0.323 e. The van der Waals surface area contributed by atoms with Gasteiger partial charge in [0.25, 0.3) is 0 Å². The highest BCUT2D eigenvalue weighted by atomic mass is 35.5. The van der Waals surface area contributed by atoms with Gasteiger partial charge in [-0.2, -0.15) is 0 Å². The molecule has 0 fully saturated rings. The molecule has 26 heavy (non-hydrogen) atoms. The van der Waals surface area contributed by atoms with Crippen LogP contribution in [-0.2, 0) is 13.1 Å². The van der Waals surface area contributed by atoms with Crippen LogP contribution in [0.15, 0.2) is 48.5 Å². The Balaban J connectivity index is 1.79. The van der Waals surface area contributed by atoms with Gasteiger partial charge >= 0.3 is 0 Å². The summed E-state index contributed by atoms with van der Waals surface area (Å²) in [4.78, 5) is 9.46. The van der Waals surface area contributed by atoms with Gasteiger partial charge in [0.1, 0.15) is 11.6 Å². The van der Waals surface area contributed by atoms with Crippen LogP contribution in [-0.4, -0.2) is 30.9 Å². The number of nitrogens with zero attached hydrogens (tertiary/aromatic N) is 4. The third-order valence-electron chi connectivity index (χ3n) is 4.37. The molecule has 4 rings (SSSR count). The third kappa shape index (κ3) is 3.11. The molecule has 0 unspecified atom stereocenters. The fourth-order valence-corrected chi connectivity index (χ4v) is 3.57. The number of benzene rings is 2. The van der Waals surface area contributed by atoms with Crippen molar-refractivity contribution in [2.45, 2.75) is 13.1 Å². The van der Waals surface area contributed by atoms with Crippen molar-refractivity contribution in [1.29, 1.82) is 0 Å². The molecule has 6 heteroatoms. The highest BCUT2D eigenvalue weighted by molar-refractivity contribution is 6.18. The maximum absolute atomic E-state index is 6.00. The molecule has 0 bridgehead atoms. The Labute approximate surface area is 161 Å². The Morgan fingerprint density at radius 1 is 0.692 bits per heavy atom. The first-order valence-electron chi connectivity index (χ1n) is 8.52. The van der Waals surface area contributed by atoms with Gasteiger partial charge in [-0.15, -0.1) is 23.2 Å². The molecule has 0 aliphatic carbocycles. The Bertz CT molecular complexity index is 992. The fraction of sp³-hybridized carbons (Fsp3) is 0.200. The molecule has 0 spiro atoms. The lowest BCUT2D eigenvalue weighted by Gasteiger charge is -2.05. The Morgan fingerprint density at radius 3 is 1.54 bits per heavy atom. The van der Waals surface area contributed by atoms with Crippen LogP contribution in [0.1, 0.15) is 11.6 Å². The van der Waals surface area contributed by atoms with Crippen molar-refractivity contribution < 1.29 is 0 Å². The van der Waals surface area contributed by atoms with Crippen LogP contribution in [0.2, 0.25) is 0 Å².